The first-order valence-electron chi connectivity index (χ1n) is 7.18. The summed E-state index contributed by atoms with van der Waals surface area (Å²) in [5, 5.41) is 6.64. The van der Waals surface area contributed by atoms with E-state index in [9.17, 15) is 13.2 Å². The molecule has 1 amide bonds. The van der Waals surface area contributed by atoms with Gasteiger partial charge in [-0.15, -0.1) is 6.58 Å². The Hall–Kier alpha value is -1.80. The molecule has 0 spiro atoms. The molecule has 2 atom stereocenters. The van der Waals surface area contributed by atoms with Gasteiger partial charge in [-0.25, -0.2) is 8.42 Å². The summed E-state index contributed by atoms with van der Waals surface area (Å²) in [4.78, 5) is 16.2. The van der Waals surface area contributed by atoms with Crippen molar-refractivity contribution in [3.63, 3.8) is 0 Å². The molecule has 1 saturated heterocycles. The van der Waals surface area contributed by atoms with E-state index in [1.54, 1.807) is 30.3 Å². The average Bonchev–Trinajstić information content (AvgIpc) is 2.98. The van der Waals surface area contributed by atoms with Crippen molar-refractivity contribution in [3.8, 4) is 0 Å². The Balaban J connectivity index is 1.61. The molecule has 2 aliphatic heterocycles. The lowest BCUT2D eigenvalue weighted by molar-refractivity contribution is 0.0958. The fourth-order valence-corrected chi connectivity index (χ4v) is 6.19. The molecule has 3 rings (SSSR count). The lowest BCUT2D eigenvalue weighted by atomic mass is 10.2. The molecule has 1 fully saturated rings. The van der Waals surface area contributed by atoms with Gasteiger partial charge >= 0.3 is 0 Å². The van der Waals surface area contributed by atoms with Crippen LogP contribution in [0.25, 0.3) is 0 Å². The standard InChI is InChI=1S/C15H17N3O3S2/c1-2-7-16-14(19)10-3-5-11(6-4-10)17-15-18-12-8-23(20,21)9-13(12)22-15/h2-6,12-13H,1,7-9H2,(H,16,19)(H,17,18)/t12-,13+/m1/s1. The average molecular weight is 351 g/mol. The normalized spacial score (nSPS) is 24.6. The predicted octanol–water partition coefficient (Wildman–Crippen LogP) is 1.28. The second-order valence-corrected chi connectivity index (χ2v) is 8.82. The van der Waals surface area contributed by atoms with Crippen LogP contribution in [0, 0.1) is 0 Å². The summed E-state index contributed by atoms with van der Waals surface area (Å²) in [6.45, 7) is 3.98. The van der Waals surface area contributed by atoms with E-state index in [0.717, 1.165) is 10.9 Å². The zero-order valence-electron chi connectivity index (χ0n) is 12.4. The van der Waals surface area contributed by atoms with Gasteiger partial charge in [-0.2, -0.15) is 0 Å². The van der Waals surface area contributed by atoms with Gasteiger partial charge in [0, 0.05) is 23.0 Å². The Morgan fingerprint density at radius 2 is 2.09 bits per heavy atom. The van der Waals surface area contributed by atoms with Crippen molar-refractivity contribution in [1.82, 2.24) is 5.32 Å². The number of nitrogens with one attached hydrogen (secondary N) is 2. The maximum absolute atomic E-state index is 11.8. The van der Waals surface area contributed by atoms with Crippen LogP contribution in [-0.4, -0.2) is 48.8 Å². The quantitative estimate of drug-likeness (QED) is 0.798. The van der Waals surface area contributed by atoms with Crippen LogP contribution in [0.5, 0.6) is 0 Å². The first-order chi connectivity index (χ1) is 11.0. The number of hydrogen-bond donors (Lipinski definition) is 2. The van der Waals surface area contributed by atoms with Gasteiger partial charge in [-0.1, -0.05) is 17.8 Å². The van der Waals surface area contributed by atoms with E-state index in [1.807, 2.05) is 0 Å². The SMILES string of the molecule is C=CCNC(=O)c1ccc(NC2=N[C@@H]3CS(=O)(=O)C[C@@H]3S2)cc1. The van der Waals surface area contributed by atoms with Crippen LogP contribution < -0.4 is 10.6 Å². The molecule has 0 radical (unpaired) electrons. The smallest absolute Gasteiger partial charge is 0.251 e. The van der Waals surface area contributed by atoms with E-state index < -0.39 is 9.84 Å². The molecular weight excluding hydrogens is 334 g/mol. The number of thioether (sulfide) groups is 1. The number of benzene rings is 1. The molecule has 122 valence electrons. The third-order valence-electron chi connectivity index (χ3n) is 3.62. The summed E-state index contributed by atoms with van der Waals surface area (Å²) in [6, 6.07) is 6.92. The van der Waals surface area contributed by atoms with Gasteiger partial charge in [0.2, 0.25) is 0 Å². The summed E-state index contributed by atoms with van der Waals surface area (Å²) < 4.78 is 23.1. The molecule has 8 heteroatoms. The fourth-order valence-electron chi connectivity index (χ4n) is 2.51. The number of carbonyl (C=O) groups is 1. The summed E-state index contributed by atoms with van der Waals surface area (Å²) in [6.07, 6.45) is 1.63. The Labute approximate surface area is 139 Å². The maximum atomic E-state index is 11.8. The molecule has 1 aromatic carbocycles. The molecule has 1 aromatic rings. The van der Waals surface area contributed by atoms with E-state index >= 15 is 0 Å². The van der Waals surface area contributed by atoms with Crippen LogP contribution in [0.3, 0.4) is 0 Å². The van der Waals surface area contributed by atoms with Crippen molar-refractivity contribution in [2.75, 3.05) is 23.4 Å². The Morgan fingerprint density at radius 1 is 1.35 bits per heavy atom. The van der Waals surface area contributed by atoms with Crippen molar-refractivity contribution in [2.45, 2.75) is 11.3 Å². The number of carbonyl (C=O) groups excluding carboxylic acids is 1. The van der Waals surface area contributed by atoms with Gasteiger partial charge in [0.15, 0.2) is 15.0 Å². The molecule has 0 aliphatic carbocycles. The highest BCUT2D eigenvalue weighted by Crippen LogP contribution is 2.34. The molecular formula is C15H17N3O3S2. The minimum Gasteiger partial charge on any atom is -0.349 e. The first-order valence-corrected chi connectivity index (χ1v) is 9.88. The van der Waals surface area contributed by atoms with Crippen molar-refractivity contribution in [3.05, 3.63) is 42.5 Å². The second kappa shape index (κ2) is 6.37. The van der Waals surface area contributed by atoms with E-state index in [4.69, 9.17) is 0 Å². The summed E-state index contributed by atoms with van der Waals surface area (Å²) >= 11 is 1.47. The lowest BCUT2D eigenvalue weighted by Gasteiger charge is -2.08. The van der Waals surface area contributed by atoms with E-state index in [2.05, 4.69) is 22.2 Å². The van der Waals surface area contributed by atoms with Gasteiger partial charge in [0.05, 0.1) is 17.5 Å². The van der Waals surface area contributed by atoms with Gasteiger partial charge in [0.1, 0.15) is 0 Å². The van der Waals surface area contributed by atoms with E-state index in [1.165, 1.54) is 11.8 Å². The van der Waals surface area contributed by atoms with Crippen LogP contribution in [0.15, 0.2) is 41.9 Å². The first kappa shape index (κ1) is 16.1. The van der Waals surface area contributed by atoms with Gasteiger partial charge < -0.3 is 10.6 Å². The fraction of sp³-hybridized carbons (Fsp3) is 0.333. The molecule has 0 saturated carbocycles. The van der Waals surface area contributed by atoms with Crippen LogP contribution in [-0.2, 0) is 9.84 Å². The van der Waals surface area contributed by atoms with E-state index in [-0.39, 0.29) is 28.7 Å². The van der Waals surface area contributed by atoms with Crippen LogP contribution >= 0.6 is 11.8 Å². The van der Waals surface area contributed by atoms with Crippen LogP contribution in [0.1, 0.15) is 10.4 Å². The van der Waals surface area contributed by atoms with Gasteiger partial charge in [-0.3, -0.25) is 9.79 Å². The van der Waals surface area contributed by atoms with Crippen molar-refractivity contribution < 1.29 is 13.2 Å². The topological polar surface area (TPSA) is 87.6 Å². The lowest BCUT2D eigenvalue weighted by Crippen LogP contribution is -2.23. The Kier molecular flexibility index (Phi) is 4.45. The molecule has 0 unspecified atom stereocenters. The molecule has 23 heavy (non-hydrogen) atoms. The van der Waals surface area contributed by atoms with Crippen LogP contribution in [0.4, 0.5) is 5.69 Å². The predicted molar refractivity (Wildman–Crippen MR) is 93.9 cm³/mol. The number of nitrogens with zero attached hydrogens (tertiary/aromatic N) is 1. The maximum Gasteiger partial charge on any atom is 0.251 e. The third-order valence-corrected chi connectivity index (χ3v) is 6.77. The summed E-state index contributed by atoms with van der Waals surface area (Å²) in [5.41, 5.74) is 1.39. The zero-order chi connectivity index (χ0) is 16.4. The highest BCUT2D eigenvalue weighted by molar-refractivity contribution is 8.15. The molecule has 2 aliphatic rings. The van der Waals surface area contributed by atoms with E-state index in [0.29, 0.717) is 12.1 Å². The third kappa shape index (κ3) is 3.76. The Bertz CT molecular complexity index is 757. The van der Waals surface area contributed by atoms with Crippen molar-refractivity contribution in [2.24, 2.45) is 4.99 Å². The molecule has 0 aromatic heterocycles. The monoisotopic (exact) mass is 351 g/mol. The summed E-state index contributed by atoms with van der Waals surface area (Å²) in [7, 11) is -2.93. The molecule has 0 bridgehead atoms. The highest BCUT2D eigenvalue weighted by atomic mass is 32.2. The minimum absolute atomic E-state index is 0.0199. The number of sulfone groups is 1. The molecule has 2 N–H and O–H groups in total. The largest absolute Gasteiger partial charge is 0.349 e. The molecule has 2 heterocycles. The second-order valence-electron chi connectivity index (χ2n) is 5.44. The van der Waals surface area contributed by atoms with Crippen molar-refractivity contribution >= 4 is 38.4 Å². The Morgan fingerprint density at radius 3 is 2.74 bits per heavy atom. The number of rotatable bonds is 4. The number of hydrogen-bond acceptors (Lipinski definition) is 6. The van der Waals surface area contributed by atoms with Gasteiger partial charge in [-0.05, 0) is 24.3 Å². The number of fused-ring (bicyclic) bond motifs is 1. The van der Waals surface area contributed by atoms with Crippen LogP contribution in [0.2, 0.25) is 0 Å². The van der Waals surface area contributed by atoms with Gasteiger partial charge in [0.25, 0.3) is 5.91 Å². The summed E-state index contributed by atoms with van der Waals surface area (Å²) in [5.74, 6) is 0.182. The number of amidine groups is 1. The number of amides is 1. The zero-order valence-corrected chi connectivity index (χ0v) is 14.0. The minimum atomic E-state index is -2.93. The number of anilines is 1. The van der Waals surface area contributed by atoms with Crippen molar-refractivity contribution in [1.29, 1.82) is 0 Å². The molecule has 6 nitrogen and oxygen atoms in total. The number of aliphatic imine (C=N–C) groups is 1. The highest BCUT2D eigenvalue weighted by Gasteiger charge is 2.42.